The van der Waals surface area contributed by atoms with E-state index in [9.17, 15) is 9.59 Å². The van der Waals surface area contributed by atoms with Crippen LogP contribution in [0.2, 0.25) is 0 Å². The average molecular weight is 425 g/mol. The average Bonchev–Trinajstić information content (AvgIpc) is 3.44. The van der Waals surface area contributed by atoms with Crippen LogP contribution in [0.25, 0.3) is 0 Å². The fraction of sp³-hybridized carbons (Fsp3) is 0.542. The van der Waals surface area contributed by atoms with E-state index in [0.717, 1.165) is 17.5 Å². The molecule has 0 spiro atoms. The lowest BCUT2D eigenvalue weighted by Gasteiger charge is -2.18. The minimum Gasteiger partial charge on any atom is -0.374 e. The van der Waals surface area contributed by atoms with Crippen molar-refractivity contribution in [1.29, 1.82) is 0 Å². The van der Waals surface area contributed by atoms with Crippen LogP contribution in [0.5, 0.6) is 0 Å². The van der Waals surface area contributed by atoms with Gasteiger partial charge in [-0.2, -0.15) is 0 Å². The molecule has 1 aromatic carbocycles. The fourth-order valence-electron chi connectivity index (χ4n) is 4.97. The lowest BCUT2D eigenvalue weighted by atomic mass is 9.85. The molecule has 1 heterocycles. The molecule has 2 fully saturated rings. The topological polar surface area (TPSA) is 83.0 Å². The number of carbonyl (C=O) groups is 2. The van der Waals surface area contributed by atoms with Crippen LogP contribution in [-0.4, -0.2) is 48.9 Å². The molecule has 0 radical (unpaired) electrons. The highest BCUT2D eigenvalue weighted by Gasteiger charge is 2.58. The van der Waals surface area contributed by atoms with Gasteiger partial charge in [0.1, 0.15) is 0 Å². The number of ether oxygens (including phenoxy) is 1. The summed E-state index contributed by atoms with van der Waals surface area (Å²) in [5, 5.41) is 6.51. The molecule has 1 aromatic rings. The molecule has 2 bridgehead atoms. The van der Waals surface area contributed by atoms with E-state index in [0.29, 0.717) is 32.2 Å². The molecular weight excluding hydrogens is 392 g/mol. The Morgan fingerprint density at radius 2 is 1.81 bits per heavy atom. The first-order valence-electron chi connectivity index (χ1n) is 11.2. The Labute approximate surface area is 183 Å². The standard InChI is InChI=1S/C24H32N4O3/c1-15(2)31-14-17-6-4-5-16(11-17)13-27-24(25-3)26-9-10-28-22(29)20-18-7-8-19(12-18)21(20)23(28)30/h4-8,11,15,18-21H,9-10,12-14H2,1-3H3,(H2,25,26,27). The summed E-state index contributed by atoms with van der Waals surface area (Å²) in [6.45, 7) is 6.11. The van der Waals surface area contributed by atoms with E-state index in [4.69, 9.17) is 4.74 Å². The molecule has 3 aliphatic rings. The first-order chi connectivity index (χ1) is 15.0. The number of carbonyl (C=O) groups excluding carboxylic acids is 2. The zero-order valence-corrected chi connectivity index (χ0v) is 18.5. The number of likely N-dealkylation sites (tertiary alicyclic amines) is 1. The maximum atomic E-state index is 12.8. The molecular formula is C24H32N4O3. The van der Waals surface area contributed by atoms with Crippen molar-refractivity contribution in [2.75, 3.05) is 20.1 Å². The highest BCUT2D eigenvalue weighted by molar-refractivity contribution is 6.06. The van der Waals surface area contributed by atoms with Crippen LogP contribution >= 0.6 is 0 Å². The second-order valence-corrected chi connectivity index (χ2v) is 8.86. The summed E-state index contributed by atoms with van der Waals surface area (Å²) < 4.78 is 5.67. The van der Waals surface area contributed by atoms with Gasteiger partial charge in [0.2, 0.25) is 11.8 Å². The van der Waals surface area contributed by atoms with Crippen LogP contribution in [0.15, 0.2) is 41.4 Å². The quantitative estimate of drug-likeness (QED) is 0.289. The number of fused-ring (bicyclic) bond motifs is 5. The minimum atomic E-state index is -0.133. The number of hydrogen-bond acceptors (Lipinski definition) is 4. The third-order valence-electron chi connectivity index (χ3n) is 6.45. The number of benzene rings is 1. The van der Waals surface area contributed by atoms with Crippen LogP contribution < -0.4 is 10.6 Å². The number of hydrogen-bond donors (Lipinski definition) is 2. The zero-order chi connectivity index (χ0) is 22.0. The molecule has 166 valence electrons. The van der Waals surface area contributed by atoms with Crippen LogP contribution in [-0.2, 0) is 27.5 Å². The number of nitrogens with zero attached hydrogens (tertiary/aromatic N) is 2. The third kappa shape index (κ3) is 4.51. The van der Waals surface area contributed by atoms with Gasteiger partial charge in [0, 0.05) is 26.7 Å². The highest BCUT2D eigenvalue weighted by atomic mass is 16.5. The number of allylic oxidation sites excluding steroid dienone is 2. The van der Waals surface area contributed by atoms with Crippen molar-refractivity contribution in [1.82, 2.24) is 15.5 Å². The van der Waals surface area contributed by atoms with E-state index in [1.807, 2.05) is 19.9 Å². The maximum Gasteiger partial charge on any atom is 0.233 e. The molecule has 7 nitrogen and oxygen atoms in total. The summed E-state index contributed by atoms with van der Waals surface area (Å²) >= 11 is 0. The van der Waals surface area contributed by atoms with E-state index in [2.05, 4.69) is 46.0 Å². The van der Waals surface area contributed by atoms with E-state index in [1.165, 1.54) is 4.90 Å². The van der Waals surface area contributed by atoms with Gasteiger partial charge in [-0.05, 0) is 43.2 Å². The largest absolute Gasteiger partial charge is 0.374 e. The molecule has 2 amide bonds. The Morgan fingerprint density at radius 3 is 2.45 bits per heavy atom. The molecule has 2 N–H and O–H groups in total. The number of aliphatic imine (C=N–C) groups is 1. The first-order valence-corrected chi connectivity index (χ1v) is 11.2. The predicted molar refractivity (Wildman–Crippen MR) is 119 cm³/mol. The van der Waals surface area contributed by atoms with Crippen LogP contribution in [0.4, 0.5) is 0 Å². The van der Waals surface area contributed by atoms with Crippen LogP contribution in [0.1, 0.15) is 31.4 Å². The summed E-state index contributed by atoms with van der Waals surface area (Å²) in [5.41, 5.74) is 2.27. The van der Waals surface area contributed by atoms with Crippen molar-refractivity contribution in [2.45, 2.75) is 39.5 Å². The Hall–Kier alpha value is -2.67. The smallest absolute Gasteiger partial charge is 0.233 e. The Morgan fingerprint density at radius 1 is 1.13 bits per heavy atom. The molecule has 0 aromatic heterocycles. The third-order valence-corrected chi connectivity index (χ3v) is 6.45. The van der Waals surface area contributed by atoms with Crippen molar-refractivity contribution in [3.05, 3.63) is 47.5 Å². The SMILES string of the molecule is CN=C(NCCN1C(=O)C2C3C=CC(C3)C2C1=O)NCc1cccc(COC(C)C)c1. The lowest BCUT2D eigenvalue weighted by Crippen LogP contribution is -2.43. The molecule has 1 aliphatic heterocycles. The van der Waals surface area contributed by atoms with Crippen molar-refractivity contribution in [3.8, 4) is 0 Å². The van der Waals surface area contributed by atoms with E-state index in [-0.39, 0.29) is 41.6 Å². The van der Waals surface area contributed by atoms with Gasteiger partial charge >= 0.3 is 0 Å². The molecule has 4 unspecified atom stereocenters. The number of nitrogens with one attached hydrogen (secondary N) is 2. The minimum absolute atomic E-state index is 0.00275. The summed E-state index contributed by atoms with van der Waals surface area (Å²) in [6, 6.07) is 8.25. The molecule has 4 atom stereocenters. The van der Waals surface area contributed by atoms with Gasteiger partial charge in [-0.3, -0.25) is 19.5 Å². The van der Waals surface area contributed by atoms with Gasteiger partial charge in [-0.1, -0.05) is 36.4 Å². The van der Waals surface area contributed by atoms with Crippen LogP contribution in [0, 0.1) is 23.7 Å². The second kappa shape index (κ2) is 9.22. The molecule has 1 saturated carbocycles. The van der Waals surface area contributed by atoms with E-state index < -0.39 is 0 Å². The normalized spacial score (nSPS) is 26.8. The molecule has 31 heavy (non-hydrogen) atoms. The summed E-state index contributed by atoms with van der Waals surface area (Å²) in [6.07, 6.45) is 5.40. The number of guanidine groups is 1. The predicted octanol–water partition coefficient (Wildman–Crippen LogP) is 2.08. The monoisotopic (exact) mass is 424 g/mol. The van der Waals surface area contributed by atoms with Gasteiger partial charge < -0.3 is 15.4 Å². The second-order valence-electron chi connectivity index (χ2n) is 8.86. The lowest BCUT2D eigenvalue weighted by molar-refractivity contribution is -0.140. The molecule has 2 aliphatic carbocycles. The highest BCUT2D eigenvalue weighted by Crippen LogP contribution is 2.52. The number of rotatable bonds is 8. The van der Waals surface area contributed by atoms with Gasteiger partial charge in [0.25, 0.3) is 0 Å². The summed E-state index contributed by atoms with van der Waals surface area (Å²) in [5.74, 6) is 0.874. The molecule has 1 saturated heterocycles. The summed E-state index contributed by atoms with van der Waals surface area (Å²) in [7, 11) is 1.71. The Bertz CT molecular complexity index is 865. The van der Waals surface area contributed by atoms with Gasteiger partial charge in [-0.15, -0.1) is 0 Å². The van der Waals surface area contributed by atoms with E-state index in [1.54, 1.807) is 7.05 Å². The zero-order valence-electron chi connectivity index (χ0n) is 18.5. The van der Waals surface area contributed by atoms with Crippen molar-refractivity contribution in [3.63, 3.8) is 0 Å². The number of imide groups is 1. The van der Waals surface area contributed by atoms with Gasteiger partial charge in [-0.25, -0.2) is 0 Å². The fourth-order valence-corrected chi connectivity index (χ4v) is 4.97. The maximum absolute atomic E-state index is 12.8. The first kappa shape index (κ1) is 21.6. The summed E-state index contributed by atoms with van der Waals surface area (Å²) in [4.78, 5) is 31.2. The van der Waals surface area contributed by atoms with Gasteiger partial charge in [0.15, 0.2) is 5.96 Å². The van der Waals surface area contributed by atoms with E-state index >= 15 is 0 Å². The van der Waals surface area contributed by atoms with Crippen LogP contribution in [0.3, 0.4) is 0 Å². The van der Waals surface area contributed by atoms with Crippen molar-refractivity contribution in [2.24, 2.45) is 28.7 Å². The van der Waals surface area contributed by atoms with Crippen molar-refractivity contribution >= 4 is 17.8 Å². The Balaban J connectivity index is 1.24. The Kier molecular flexibility index (Phi) is 6.41. The van der Waals surface area contributed by atoms with Gasteiger partial charge in [0.05, 0.1) is 24.5 Å². The number of amides is 2. The van der Waals surface area contributed by atoms with Crippen molar-refractivity contribution < 1.29 is 14.3 Å². The molecule has 4 rings (SSSR count). The molecule has 7 heteroatoms.